The normalized spacial score (nSPS) is 17.2. The Morgan fingerprint density at radius 1 is 1.08 bits per heavy atom. The van der Waals surface area contributed by atoms with E-state index in [2.05, 4.69) is 20.9 Å². The van der Waals surface area contributed by atoms with Crippen molar-refractivity contribution in [2.75, 3.05) is 24.3 Å². The van der Waals surface area contributed by atoms with Crippen LogP contribution < -0.4 is 21.7 Å². The molecule has 1 aromatic heterocycles. The van der Waals surface area contributed by atoms with Crippen molar-refractivity contribution in [2.45, 2.75) is 24.7 Å². The Kier molecular flexibility index (Phi) is 7.49. The van der Waals surface area contributed by atoms with E-state index in [9.17, 15) is 31.5 Å². The number of pyridine rings is 1. The van der Waals surface area contributed by atoms with Gasteiger partial charge in [-0.2, -0.15) is 13.2 Å². The summed E-state index contributed by atoms with van der Waals surface area (Å²) in [6, 6.07) is 7.05. The second-order valence-electron chi connectivity index (χ2n) is 8.65. The molecule has 3 aromatic rings. The second kappa shape index (κ2) is 10.6. The number of benzene rings is 2. The maximum Gasteiger partial charge on any atom is 0.418 e. The van der Waals surface area contributed by atoms with E-state index in [1.807, 2.05) is 0 Å². The van der Waals surface area contributed by atoms with E-state index in [0.717, 1.165) is 18.2 Å². The number of rotatable bonds is 7. The first-order valence-corrected chi connectivity index (χ1v) is 11.3. The molecule has 200 valence electrons. The third kappa shape index (κ3) is 5.99. The Morgan fingerprint density at radius 3 is 2.53 bits per heavy atom. The molecule has 1 aliphatic rings. The highest BCUT2D eigenvalue weighted by atomic mass is 19.4. The molecule has 2 aromatic carbocycles. The number of aromatic nitrogens is 1. The fraction of sp³-hybridized carbons (Fsp3) is 0.240. The number of ether oxygens (including phenoxy) is 1. The zero-order valence-corrected chi connectivity index (χ0v) is 19.7. The number of nitrogens with zero attached hydrogens (tertiary/aromatic N) is 1. The number of alkyl halides is 3. The van der Waals surface area contributed by atoms with Gasteiger partial charge < -0.3 is 26.4 Å². The minimum absolute atomic E-state index is 0.0154. The minimum Gasteiger partial charge on any atom is -0.397 e. The van der Waals surface area contributed by atoms with Crippen molar-refractivity contribution in [3.63, 3.8) is 0 Å². The lowest BCUT2D eigenvalue weighted by Crippen LogP contribution is -2.59. The van der Waals surface area contributed by atoms with Gasteiger partial charge in [-0.3, -0.25) is 14.6 Å². The maximum absolute atomic E-state index is 14.8. The average Bonchev–Trinajstić information content (AvgIpc) is 3.33. The molecule has 0 radical (unpaired) electrons. The fourth-order valence-corrected chi connectivity index (χ4v) is 3.90. The van der Waals surface area contributed by atoms with Crippen molar-refractivity contribution in [1.29, 1.82) is 0 Å². The number of anilines is 3. The highest BCUT2D eigenvalue weighted by Crippen LogP contribution is 2.36. The Morgan fingerprint density at radius 2 is 1.87 bits per heavy atom. The van der Waals surface area contributed by atoms with E-state index in [-0.39, 0.29) is 48.7 Å². The predicted octanol–water partition coefficient (Wildman–Crippen LogP) is 3.91. The molecule has 4 rings (SSSR count). The number of amides is 2. The number of halogens is 5. The highest BCUT2D eigenvalue weighted by molar-refractivity contribution is 5.99. The van der Waals surface area contributed by atoms with E-state index >= 15 is 0 Å². The topological polar surface area (TPSA) is 118 Å². The summed E-state index contributed by atoms with van der Waals surface area (Å²) in [4.78, 5) is 29.6. The standard InChI is InChI=1S/C25H22F5N5O3/c26-16-2-4-21(19(8-16)25(28,29)30)34-18-3-1-14(20(27)9-18)11-33-23(37)24(5-6-38-13-24)35-22(36)15-7-17(31)12-32-10-15/h1-4,7-10,12,34H,5-6,11,13,31H2,(H,33,37)(H,35,36). The number of nitrogens with one attached hydrogen (secondary N) is 3. The lowest BCUT2D eigenvalue weighted by molar-refractivity contribution is -0.137. The SMILES string of the molecule is Nc1cncc(C(=O)NC2(C(=O)NCc3ccc(Nc4ccc(F)cc4C(F)(F)F)cc3F)CCOC2)c1. The van der Waals surface area contributed by atoms with E-state index in [4.69, 9.17) is 10.5 Å². The van der Waals surface area contributed by atoms with Gasteiger partial charge in [-0.1, -0.05) is 6.07 Å². The molecular weight excluding hydrogens is 513 g/mol. The second-order valence-corrected chi connectivity index (χ2v) is 8.65. The number of hydrogen-bond acceptors (Lipinski definition) is 6. The van der Waals surface area contributed by atoms with Crippen LogP contribution in [0.4, 0.5) is 39.0 Å². The van der Waals surface area contributed by atoms with E-state index in [1.165, 1.54) is 30.6 Å². The summed E-state index contributed by atoms with van der Waals surface area (Å²) in [5, 5.41) is 7.66. The van der Waals surface area contributed by atoms with Crippen molar-refractivity contribution in [1.82, 2.24) is 15.6 Å². The van der Waals surface area contributed by atoms with E-state index < -0.39 is 46.4 Å². The summed E-state index contributed by atoms with van der Waals surface area (Å²) in [5.41, 5.74) is 3.00. The van der Waals surface area contributed by atoms with Crippen LogP contribution in [-0.2, 0) is 22.3 Å². The van der Waals surface area contributed by atoms with Crippen LogP contribution in [-0.4, -0.2) is 35.6 Å². The smallest absolute Gasteiger partial charge is 0.397 e. The molecular formula is C25H22F5N5O3. The first kappa shape index (κ1) is 26.8. The third-order valence-corrected chi connectivity index (χ3v) is 5.89. The first-order valence-electron chi connectivity index (χ1n) is 11.3. The van der Waals surface area contributed by atoms with Gasteiger partial charge in [0.15, 0.2) is 0 Å². The zero-order valence-electron chi connectivity index (χ0n) is 19.7. The van der Waals surface area contributed by atoms with Gasteiger partial charge in [0.1, 0.15) is 17.2 Å². The van der Waals surface area contributed by atoms with Gasteiger partial charge in [-0.25, -0.2) is 8.78 Å². The summed E-state index contributed by atoms with van der Waals surface area (Å²) in [7, 11) is 0. The van der Waals surface area contributed by atoms with Gasteiger partial charge in [0, 0.05) is 43.2 Å². The molecule has 5 N–H and O–H groups in total. The van der Waals surface area contributed by atoms with Gasteiger partial charge >= 0.3 is 6.18 Å². The van der Waals surface area contributed by atoms with Crippen molar-refractivity contribution in [3.05, 3.63) is 83.2 Å². The number of hydrogen-bond donors (Lipinski definition) is 4. The molecule has 2 amide bonds. The average molecular weight is 535 g/mol. The van der Waals surface area contributed by atoms with Gasteiger partial charge in [0.2, 0.25) is 5.91 Å². The summed E-state index contributed by atoms with van der Waals surface area (Å²) in [5.74, 6) is -3.07. The molecule has 0 bridgehead atoms. The van der Waals surface area contributed by atoms with Crippen LogP contribution in [0, 0.1) is 11.6 Å². The largest absolute Gasteiger partial charge is 0.418 e. The Bertz CT molecular complexity index is 1360. The van der Waals surface area contributed by atoms with Crippen LogP contribution in [0.15, 0.2) is 54.9 Å². The summed E-state index contributed by atoms with van der Waals surface area (Å²) in [6.07, 6.45) is -2.00. The van der Waals surface area contributed by atoms with Crippen LogP contribution in [0.2, 0.25) is 0 Å². The van der Waals surface area contributed by atoms with Gasteiger partial charge in [-0.05, 0) is 36.4 Å². The zero-order chi connectivity index (χ0) is 27.5. The molecule has 38 heavy (non-hydrogen) atoms. The molecule has 1 aliphatic heterocycles. The van der Waals surface area contributed by atoms with Crippen molar-refractivity contribution in [3.8, 4) is 0 Å². The van der Waals surface area contributed by atoms with Crippen LogP contribution in [0.3, 0.4) is 0 Å². The van der Waals surface area contributed by atoms with Crippen LogP contribution in [0.25, 0.3) is 0 Å². The number of nitrogen functional groups attached to an aromatic ring is 1. The molecule has 1 unspecified atom stereocenters. The molecule has 0 aliphatic carbocycles. The quantitative estimate of drug-likeness (QED) is 0.341. The van der Waals surface area contributed by atoms with Gasteiger partial charge in [0.05, 0.1) is 29.1 Å². The van der Waals surface area contributed by atoms with Crippen molar-refractivity contribution < 1.29 is 36.3 Å². The van der Waals surface area contributed by atoms with Gasteiger partial charge in [0.25, 0.3) is 5.91 Å². The lowest BCUT2D eigenvalue weighted by Gasteiger charge is -2.27. The lowest BCUT2D eigenvalue weighted by atomic mass is 9.96. The summed E-state index contributed by atoms with van der Waals surface area (Å²) in [6.45, 7) is -0.168. The summed E-state index contributed by atoms with van der Waals surface area (Å²) < 4.78 is 73.1. The molecule has 0 saturated carbocycles. The predicted molar refractivity (Wildman–Crippen MR) is 127 cm³/mol. The Hall–Kier alpha value is -4.26. The highest BCUT2D eigenvalue weighted by Gasteiger charge is 2.44. The minimum atomic E-state index is -4.83. The maximum atomic E-state index is 14.8. The van der Waals surface area contributed by atoms with Crippen LogP contribution in [0.5, 0.6) is 0 Å². The van der Waals surface area contributed by atoms with Gasteiger partial charge in [-0.15, -0.1) is 0 Å². The first-order chi connectivity index (χ1) is 18.0. The van der Waals surface area contributed by atoms with Crippen molar-refractivity contribution in [2.24, 2.45) is 0 Å². The molecule has 1 atom stereocenters. The fourth-order valence-electron chi connectivity index (χ4n) is 3.90. The molecule has 0 spiro atoms. The summed E-state index contributed by atoms with van der Waals surface area (Å²) >= 11 is 0. The number of nitrogens with two attached hydrogens (primary N) is 1. The Labute approximate surface area is 213 Å². The molecule has 1 fully saturated rings. The van der Waals surface area contributed by atoms with E-state index in [0.29, 0.717) is 6.07 Å². The molecule has 2 heterocycles. The molecule has 13 heteroatoms. The Balaban J connectivity index is 1.44. The third-order valence-electron chi connectivity index (χ3n) is 5.89. The number of carbonyl (C=O) groups is 2. The monoisotopic (exact) mass is 535 g/mol. The van der Waals surface area contributed by atoms with Crippen LogP contribution >= 0.6 is 0 Å². The number of carbonyl (C=O) groups excluding carboxylic acids is 2. The van der Waals surface area contributed by atoms with E-state index in [1.54, 1.807) is 0 Å². The molecule has 1 saturated heterocycles. The van der Waals surface area contributed by atoms with Crippen LogP contribution in [0.1, 0.15) is 27.9 Å². The molecule has 8 nitrogen and oxygen atoms in total. The van der Waals surface area contributed by atoms with Crippen molar-refractivity contribution >= 4 is 28.9 Å².